The molecule has 1 aliphatic rings. The van der Waals surface area contributed by atoms with Crippen LogP contribution >= 0.6 is 31.9 Å². The number of hydrazine groups is 1. The van der Waals surface area contributed by atoms with Crippen molar-refractivity contribution in [2.75, 3.05) is 12.0 Å². The molecule has 0 fully saturated rings. The fraction of sp³-hybridized carbons (Fsp3) is 0.0833. The Hall–Kier alpha value is -1.27. The molecule has 0 spiro atoms. The number of nitrogens with two attached hydrogens (primary N) is 1. The Morgan fingerprint density at radius 1 is 1.28 bits per heavy atom. The van der Waals surface area contributed by atoms with Crippen molar-refractivity contribution in [2.45, 2.75) is 0 Å². The molecule has 1 heterocycles. The van der Waals surface area contributed by atoms with E-state index in [1.54, 1.807) is 17.2 Å². The first kappa shape index (κ1) is 13.2. The molecule has 1 amide bonds. The van der Waals surface area contributed by atoms with E-state index in [0.29, 0.717) is 12.1 Å². The molecule has 2 rings (SSSR count). The third-order valence-corrected chi connectivity index (χ3v) is 3.27. The maximum Gasteiger partial charge on any atom is 0.246 e. The lowest BCUT2D eigenvalue weighted by atomic mass is 10.2. The van der Waals surface area contributed by atoms with E-state index in [4.69, 9.17) is 5.73 Å². The van der Waals surface area contributed by atoms with E-state index in [0.717, 1.165) is 14.6 Å². The highest BCUT2D eigenvalue weighted by molar-refractivity contribution is 9.11. The van der Waals surface area contributed by atoms with E-state index < -0.39 is 5.91 Å². The van der Waals surface area contributed by atoms with Crippen LogP contribution in [-0.4, -0.2) is 17.5 Å². The van der Waals surface area contributed by atoms with Crippen molar-refractivity contribution in [3.05, 3.63) is 51.1 Å². The average Bonchev–Trinajstić information content (AvgIpc) is 2.27. The zero-order valence-electron chi connectivity index (χ0n) is 9.36. The number of primary amides is 1. The maximum atomic E-state index is 11.1. The van der Waals surface area contributed by atoms with Gasteiger partial charge in [-0.15, -0.1) is 0 Å². The summed E-state index contributed by atoms with van der Waals surface area (Å²) in [5.74, 6) is -0.401. The van der Waals surface area contributed by atoms with E-state index in [1.165, 1.54) is 0 Å². The van der Waals surface area contributed by atoms with Gasteiger partial charge in [0.05, 0.1) is 12.2 Å². The third kappa shape index (κ3) is 3.36. The van der Waals surface area contributed by atoms with Crippen molar-refractivity contribution in [1.82, 2.24) is 5.01 Å². The summed E-state index contributed by atoms with van der Waals surface area (Å²) in [6.07, 6.45) is 5.35. The van der Waals surface area contributed by atoms with Gasteiger partial charge >= 0.3 is 0 Å². The Morgan fingerprint density at radius 3 is 2.56 bits per heavy atom. The van der Waals surface area contributed by atoms with Crippen LogP contribution in [0.15, 0.2) is 51.1 Å². The number of anilines is 1. The largest absolute Gasteiger partial charge is 0.366 e. The summed E-state index contributed by atoms with van der Waals surface area (Å²) in [5, 5.41) is 1.80. The summed E-state index contributed by atoms with van der Waals surface area (Å²) in [5.41, 5.74) is 9.92. The molecule has 0 saturated heterocycles. The van der Waals surface area contributed by atoms with Crippen LogP contribution in [0.5, 0.6) is 0 Å². The van der Waals surface area contributed by atoms with Gasteiger partial charge in [0.1, 0.15) is 0 Å². The molecule has 6 heteroatoms. The zero-order chi connectivity index (χ0) is 13.1. The van der Waals surface area contributed by atoms with Gasteiger partial charge in [0.2, 0.25) is 5.91 Å². The number of nitrogens with one attached hydrogen (secondary N) is 1. The number of benzene rings is 1. The molecule has 18 heavy (non-hydrogen) atoms. The second kappa shape index (κ2) is 5.58. The second-order valence-corrected chi connectivity index (χ2v) is 5.63. The van der Waals surface area contributed by atoms with Gasteiger partial charge < -0.3 is 5.73 Å². The van der Waals surface area contributed by atoms with Gasteiger partial charge in [-0.2, -0.15) is 0 Å². The van der Waals surface area contributed by atoms with Gasteiger partial charge in [-0.1, -0.05) is 37.9 Å². The highest BCUT2D eigenvalue weighted by atomic mass is 79.9. The molecule has 4 nitrogen and oxygen atoms in total. The normalized spacial score (nSPS) is 14.3. The fourth-order valence-corrected chi connectivity index (χ4v) is 2.87. The fourth-order valence-electron chi connectivity index (χ4n) is 1.57. The van der Waals surface area contributed by atoms with Crippen LogP contribution in [0.2, 0.25) is 0 Å². The molecule has 3 N–H and O–H groups in total. The highest BCUT2D eigenvalue weighted by Gasteiger charge is 2.12. The quantitative estimate of drug-likeness (QED) is 0.857. The third-order valence-electron chi connectivity index (χ3n) is 2.36. The molecule has 0 unspecified atom stereocenters. The van der Waals surface area contributed by atoms with Crippen molar-refractivity contribution in [3.63, 3.8) is 0 Å². The lowest BCUT2D eigenvalue weighted by Gasteiger charge is -2.25. The number of allylic oxidation sites excluding steroid dienone is 2. The van der Waals surface area contributed by atoms with E-state index in [1.807, 2.05) is 24.4 Å². The molecule has 1 aromatic rings. The van der Waals surface area contributed by atoms with Crippen molar-refractivity contribution in [3.8, 4) is 0 Å². The smallest absolute Gasteiger partial charge is 0.246 e. The van der Waals surface area contributed by atoms with Crippen LogP contribution in [0.4, 0.5) is 5.69 Å². The molecular weight excluding hydrogens is 362 g/mol. The average molecular weight is 373 g/mol. The van der Waals surface area contributed by atoms with E-state index in [9.17, 15) is 4.79 Å². The Bertz CT molecular complexity index is 520. The SMILES string of the molecule is NC(=O)C1=CC=CN(Nc2cc(Br)cc(Br)c2)C1. The number of hydrogen-bond donors (Lipinski definition) is 2. The van der Waals surface area contributed by atoms with Crippen molar-refractivity contribution < 1.29 is 4.79 Å². The lowest BCUT2D eigenvalue weighted by Crippen LogP contribution is -2.32. The van der Waals surface area contributed by atoms with Crippen molar-refractivity contribution >= 4 is 43.5 Å². The van der Waals surface area contributed by atoms with E-state index >= 15 is 0 Å². The Labute approximate surface area is 122 Å². The molecule has 1 aromatic carbocycles. The van der Waals surface area contributed by atoms with Crippen LogP contribution in [0, 0.1) is 0 Å². The van der Waals surface area contributed by atoms with Gasteiger partial charge in [-0.25, -0.2) is 0 Å². The van der Waals surface area contributed by atoms with Crippen LogP contribution in [-0.2, 0) is 4.79 Å². The molecule has 0 bridgehead atoms. The molecule has 0 radical (unpaired) electrons. The number of rotatable bonds is 3. The van der Waals surface area contributed by atoms with Gasteiger partial charge in [0, 0.05) is 20.7 Å². The molecule has 1 aliphatic heterocycles. The van der Waals surface area contributed by atoms with Crippen molar-refractivity contribution in [1.29, 1.82) is 0 Å². The molecule has 0 saturated carbocycles. The summed E-state index contributed by atoms with van der Waals surface area (Å²) in [6, 6.07) is 5.84. The number of carbonyl (C=O) groups is 1. The molecule has 94 valence electrons. The second-order valence-electron chi connectivity index (χ2n) is 3.80. The summed E-state index contributed by atoms with van der Waals surface area (Å²) in [7, 11) is 0. The van der Waals surface area contributed by atoms with Gasteiger partial charge in [-0.05, 0) is 24.3 Å². The summed E-state index contributed by atoms with van der Waals surface area (Å²) in [4.78, 5) is 11.1. The Morgan fingerprint density at radius 2 is 1.94 bits per heavy atom. The van der Waals surface area contributed by atoms with E-state index in [-0.39, 0.29) is 0 Å². The standard InChI is InChI=1S/C12H11Br2N3O/c13-9-4-10(14)6-11(5-9)16-17-3-1-2-8(7-17)12(15)18/h1-6,16H,7H2,(H2,15,18). The minimum absolute atomic E-state index is 0.401. The van der Waals surface area contributed by atoms with Gasteiger partial charge in [-0.3, -0.25) is 15.2 Å². The highest BCUT2D eigenvalue weighted by Crippen LogP contribution is 2.24. The van der Waals surface area contributed by atoms with Crippen LogP contribution in [0.25, 0.3) is 0 Å². The summed E-state index contributed by atoms with van der Waals surface area (Å²) < 4.78 is 1.93. The minimum atomic E-state index is -0.401. The number of halogens is 2. The predicted molar refractivity (Wildman–Crippen MR) is 78.6 cm³/mol. The zero-order valence-corrected chi connectivity index (χ0v) is 12.5. The topological polar surface area (TPSA) is 58.4 Å². The molecule has 0 aromatic heterocycles. The van der Waals surface area contributed by atoms with Gasteiger partial charge in [0.25, 0.3) is 0 Å². The lowest BCUT2D eigenvalue weighted by molar-refractivity contribution is -0.114. The first-order valence-electron chi connectivity index (χ1n) is 5.21. The van der Waals surface area contributed by atoms with Crippen molar-refractivity contribution in [2.24, 2.45) is 5.73 Å². The first-order chi connectivity index (χ1) is 8.54. The van der Waals surface area contributed by atoms with E-state index in [2.05, 4.69) is 37.3 Å². The molecule has 0 atom stereocenters. The van der Waals surface area contributed by atoms with Crippen LogP contribution in [0.1, 0.15) is 0 Å². The summed E-state index contributed by atoms with van der Waals surface area (Å²) in [6.45, 7) is 0.440. The monoisotopic (exact) mass is 371 g/mol. The summed E-state index contributed by atoms with van der Waals surface area (Å²) >= 11 is 6.84. The maximum absolute atomic E-state index is 11.1. The predicted octanol–water partition coefficient (Wildman–Crippen LogP) is 2.78. The first-order valence-corrected chi connectivity index (χ1v) is 6.80. The van der Waals surface area contributed by atoms with Crippen LogP contribution in [0.3, 0.4) is 0 Å². The number of amides is 1. The van der Waals surface area contributed by atoms with Gasteiger partial charge in [0.15, 0.2) is 0 Å². The number of carbonyl (C=O) groups excluding carboxylic acids is 1. The molecular formula is C12H11Br2N3O. The Kier molecular flexibility index (Phi) is 4.08. The van der Waals surface area contributed by atoms with Crippen LogP contribution < -0.4 is 11.2 Å². The molecule has 0 aliphatic carbocycles. The minimum Gasteiger partial charge on any atom is -0.366 e. The number of nitrogens with zero attached hydrogens (tertiary/aromatic N) is 1. The number of hydrogen-bond acceptors (Lipinski definition) is 3. The Balaban J connectivity index is 2.09.